The maximum Gasteiger partial charge on any atom is 0.300 e. The lowest BCUT2D eigenvalue weighted by molar-refractivity contribution is -0.132. The quantitative estimate of drug-likeness (QED) is 0.203. The van der Waals surface area contributed by atoms with Gasteiger partial charge in [-0.3, -0.25) is 14.5 Å². The standard InChI is InChI=1S/C28H24N2O5/c1-2-14-35-18-9-7-8-17(15-18)26(32)24-25(20-16-29-21-11-4-3-10-19(20)21)30(28(34)27(24)33)22-12-5-6-13-23(22)31/h3-13,15-16,25,29,31-32H,2,14H2,1H3/b26-24+. The molecule has 1 aliphatic heterocycles. The van der Waals surface area contributed by atoms with Crippen molar-refractivity contribution in [1.29, 1.82) is 0 Å². The first-order valence-electron chi connectivity index (χ1n) is 11.4. The molecule has 5 rings (SSSR count). The number of hydrogen-bond donors (Lipinski definition) is 3. The highest BCUT2D eigenvalue weighted by Crippen LogP contribution is 2.46. The number of para-hydroxylation sites is 3. The Kier molecular flexibility index (Phi) is 5.74. The molecule has 1 fully saturated rings. The predicted octanol–water partition coefficient (Wildman–Crippen LogP) is 5.29. The minimum Gasteiger partial charge on any atom is -0.507 e. The summed E-state index contributed by atoms with van der Waals surface area (Å²) < 4.78 is 5.69. The van der Waals surface area contributed by atoms with Crippen molar-refractivity contribution in [3.8, 4) is 11.5 Å². The summed E-state index contributed by atoms with van der Waals surface area (Å²) in [6, 6.07) is 19.7. The summed E-state index contributed by atoms with van der Waals surface area (Å²) >= 11 is 0. The monoisotopic (exact) mass is 468 g/mol. The van der Waals surface area contributed by atoms with Gasteiger partial charge in [0.2, 0.25) is 0 Å². The third-order valence-electron chi connectivity index (χ3n) is 6.08. The van der Waals surface area contributed by atoms with Crippen LogP contribution in [-0.4, -0.2) is 33.5 Å². The Bertz CT molecular complexity index is 1470. The highest BCUT2D eigenvalue weighted by atomic mass is 16.5. The van der Waals surface area contributed by atoms with Gasteiger partial charge in [-0.15, -0.1) is 0 Å². The van der Waals surface area contributed by atoms with E-state index in [2.05, 4.69) is 4.98 Å². The van der Waals surface area contributed by atoms with Crippen molar-refractivity contribution in [2.45, 2.75) is 19.4 Å². The van der Waals surface area contributed by atoms with E-state index in [1.54, 1.807) is 48.7 Å². The van der Waals surface area contributed by atoms with Crippen molar-refractivity contribution in [2.24, 2.45) is 0 Å². The van der Waals surface area contributed by atoms with Gasteiger partial charge in [-0.2, -0.15) is 0 Å². The zero-order valence-electron chi connectivity index (χ0n) is 19.1. The van der Waals surface area contributed by atoms with Gasteiger partial charge < -0.3 is 19.9 Å². The number of Topliss-reactive ketones (excluding diaryl/α,β-unsaturated/α-hetero) is 1. The number of fused-ring (bicyclic) bond motifs is 1. The normalized spacial score (nSPS) is 17.3. The van der Waals surface area contributed by atoms with Crippen LogP contribution in [0.15, 0.2) is 84.6 Å². The summed E-state index contributed by atoms with van der Waals surface area (Å²) in [4.78, 5) is 31.1. The van der Waals surface area contributed by atoms with Crippen LogP contribution >= 0.6 is 0 Å². The number of ether oxygens (including phenoxy) is 1. The van der Waals surface area contributed by atoms with Crippen LogP contribution in [0.2, 0.25) is 0 Å². The molecule has 7 heteroatoms. The first-order valence-corrected chi connectivity index (χ1v) is 11.4. The highest BCUT2D eigenvalue weighted by Gasteiger charge is 2.48. The molecule has 35 heavy (non-hydrogen) atoms. The van der Waals surface area contributed by atoms with Gasteiger partial charge >= 0.3 is 0 Å². The van der Waals surface area contributed by atoms with Crippen LogP contribution in [0.3, 0.4) is 0 Å². The Morgan fingerprint density at radius 3 is 2.60 bits per heavy atom. The van der Waals surface area contributed by atoms with E-state index in [1.807, 2.05) is 31.2 Å². The average molecular weight is 469 g/mol. The van der Waals surface area contributed by atoms with E-state index >= 15 is 0 Å². The largest absolute Gasteiger partial charge is 0.507 e. The van der Waals surface area contributed by atoms with Crippen LogP contribution in [-0.2, 0) is 9.59 Å². The molecule has 1 atom stereocenters. The first-order chi connectivity index (χ1) is 17.0. The Labute approximate surface area is 201 Å². The van der Waals surface area contributed by atoms with Crippen molar-refractivity contribution in [3.63, 3.8) is 0 Å². The summed E-state index contributed by atoms with van der Waals surface area (Å²) in [5, 5.41) is 22.7. The fourth-order valence-electron chi connectivity index (χ4n) is 4.47. The minimum absolute atomic E-state index is 0.0596. The molecule has 4 aromatic rings. The molecule has 1 aliphatic rings. The Morgan fingerprint density at radius 1 is 1.03 bits per heavy atom. The van der Waals surface area contributed by atoms with E-state index in [1.165, 1.54) is 11.0 Å². The number of carbonyl (C=O) groups is 2. The summed E-state index contributed by atoms with van der Waals surface area (Å²) in [7, 11) is 0. The molecule has 3 aromatic carbocycles. The molecule has 1 amide bonds. The van der Waals surface area contributed by atoms with Crippen molar-refractivity contribution in [3.05, 3.63) is 95.7 Å². The molecular weight excluding hydrogens is 444 g/mol. The number of phenolic OH excluding ortho intramolecular Hbond substituents is 1. The van der Waals surface area contributed by atoms with Gasteiger partial charge in [-0.05, 0) is 36.8 Å². The Balaban J connectivity index is 1.74. The second-order valence-corrected chi connectivity index (χ2v) is 8.32. The predicted molar refractivity (Wildman–Crippen MR) is 133 cm³/mol. The second kappa shape index (κ2) is 9.02. The second-order valence-electron chi connectivity index (χ2n) is 8.32. The van der Waals surface area contributed by atoms with Crippen LogP contribution in [0.1, 0.15) is 30.5 Å². The number of nitrogens with one attached hydrogen (secondary N) is 1. The highest BCUT2D eigenvalue weighted by molar-refractivity contribution is 6.52. The number of aliphatic hydroxyl groups excluding tert-OH is 1. The van der Waals surface area contributed by atoms with Crippen LogP contribution in [0.5, 0.6) is 11.5 Å². The fraction of sp³-hybridized carbons (Fsp3) is 0.143. The Hall–Kier alpha value is -4.52. The minimum atomic E-state index is -0.959. The maximum atomic E-state index is 13.4. The number of H-pyrrole nitrogens is 1. The van der Waals surface area contributed by atoms with Crippen LogP contribution in [0.25, 0.3) is 16.7 Å². The zero-order valence-corrected chi connectivity index (χ0v) is 19.1. The molecule has 0 bridgehead atoms. The third-order valence-corrected chi connectivity index (χ3v) is 6.08. The van der Waals surface area contributed by atoms with Gasteiger partial charge in [0.1, 0.15) is 17.3 Å². The van der Waals surface area contributed by atoms with Gasteiger partial charge in [0.05, 0.1) is 23.9 Å². The molecule has 0 radical (unpaired) electrons. The number of phenols is 1. The summed E-state index contributed by atoms with van der Waals surface area (Å²) in [5.74, 6) is -1.56. The molecule has 2 heterocycles. The number of aromatic amines is 1. The summed E-state index contributed by atoms with van der Waals surface area (Å²) in [5.41, 5.74) is 1.93. The number of hydrogen-bond acceptors (Lipinski definition) is 5. The first kappa shape index (κ1) is 22.3. The van der Waals surface area contributed by atoms with Crippen molar-refractivity contribution in [2.75, 3.05) is 11.5 Å². The number of benzene rings is 3. The summed E-state index contributed by atoms with van der Waals surface area (Å²) in [6.07, 6.45) is 2.55. The van der Waals surface area contributed by atoms with Crippen LogP contribution < -0.4 is 9.64 Å². The van der Waals surface area contributed by atoms with E-state index in [4.69, 9.17) is 4.74 Å². The van der Waals surface area contributed by atoms with Crippen LogP contribution in [0.4, 0.5) is 5.69 Å². The van der Waals surface area contributed by atoms with E-state index in [-0.39, 0.29) is 22.8 Å². The lowest BCUT2D eigenvalue weighted by Gasteiger charge is -2.25. The SMILES string of the molecule is CCCOc1cccc(/C(O)=C2\C(=O)C(=O)N(c3ccccc3O)C2c2c[nH]c3ccccc23)c1. The van der Waals surface area contributed by atoms with Gasteiger partial charge in [0, 0.05) is 28.2 Å². The summed E-state index contributed by atoms with van der Waals surface area (Å²) in [6.45, 7) is 2.50. The molecule has 0 aliphatic carbocycles. The molecular formula is C28H24N2O5. The number of aromatic hydroxyl groups is 1. The van der Waals surface area contributed by atoms with Gasteiger partial charge in [0.25, 0.3) is 11.7 Å². The lowest BCUT2D eigenvalue weighted by atomic mass is 9.94. The molecule has 7 nitrogen and oxygen atoms in total. The third kappa shape index (κ3) is 3.81. The number of nitrogens with zero attached hydrogens (tertiary/aromatic N) is 1. The smallest absolute Gasteiger partial charge is 0.300 e. The maximum absolute atomic E-state index is 13.4. The topological polar surface area (TPSA) is 103 Å². The molecule has 1 unspecified atom stereocenters. The number of ketones is 1. The number of carbonyl (C=O) groups excluding carboxylic acids is 2. The number of aromatic nitrogens is 1. The number of aliphatic hydroxyl groups is 1. The van der Waals surface area contributed by atoms with Gasteiger partial charge in [-0.1, -0.05) is 49.4 Å². The molecule has 176 valence electrons. The van der Waals surface area contributed by atoms with E-state index in [0.717, 1.165) is 17.3 Å². The van der Waals surface area contributed by atoms with Crippen molar-refractivity contribution >= 4 is 34.0 Å². The van der Waals surface area contributed by atoms with Crippen molar-refractivity contribution < 1.29 is 24.5 Å². The number of anilines is 1. The zero-order chi connectivity index (χ0) is 24.5. The molecule has 1 aromatic heterocycles. The molecule has 3 N–H and O–H groups in total. The molecule has 1 saturated heterocycles. The van der Waals surface area contributed by atoms with E-state index in [0.29, 0.717) is 23.5 Å². The van der Waals surface area contributed by atoms with E-state index < -0.39 is 17.7 Å². The fourth-order valence-corrected chi connectivity index (χ4v) is 4.47. The molecule has 0 saturated carbocycles. The van der Waals surface area contributed by atoms with Gasteiger partial charge in [0.15, 0.2) is 0 Å². The van der Waals surface area contributed by atoms with Crippen LogP contribution in [0, 0.1) is 0 Å². The average Bonchev–Trinajstić information content (AvgIpc) is 3.41. The van der Waals surface area contributed by atoms with E-state index in [9.17, 15) is 19.8 Å². The van der Waals surface area contributed by atoms with Gasteiger partial charge in [-0.25, -0.2) is 0 Å². The molecule has 0 spiro atoms. The lowest BCUT2D eigenvalue weighted by Crippen LogP contribution is -2.29. The van der Waals surface area contributed by atoms with Crippen molar-refractivity contribution in [1.82, 2.24) is 4.98 Å². The number of amides is 1. The Morgan fingerprint density at radius 2 is 1.80 bits per heavy atom. The number of rotatable bonds is 6.